The molecule has 2 aromatic carbocycles. The summed E-state index contributed by atoms with van der Waals surface area (Å²) in [5.41, 5.74) is 8.07. The van der Waals surface area contributed by atoms with Crippen LogP contribution in [0, 0.1) is 0 Å². The molecular weight excluding hydrogens is 326 g/mol. The van der Waals surface area contributed by atoms with Crippen LogP contribution in [0.5, 0.6) is 11.5 Å². The minimum atomic E-state index is -0.560. The number of hydrogen-bond donors (Lipinski definition) is 2. The highest BCUT2D eigenvalue weighted by Gasteiger charge is 2.18. The van der Waals surface area contributed by atoms with Gasteiger partial charge in [-0.3, -0.25) is 0 Å². The molecule has 0 fully saturated rings. The summed E-state index contributed by atoms with van der Waals surface area (Å²) in [5.74, 6) is 1.29. The molecule has 2 atom stereocenters. The van der Waals surface area contributed by atoms with Crippen LogP contribution in [-0.2, 0) is 6.61 Å². The lowest BCUT2D eigenvalue weighted by atomic mass is 9.99. The van der Waals surface area contributed by atoms with Gasteiger partial charge in [-0.05, 0) is 29.7 Å². The number of halogens is 1. The summed E-state index contributed by atoms with van der Waals surface area (Å²) in [4.78, 5) is 0. The van der Waals surface area contributed by atoms with E-state index in [9.17, 15) is 5.11 Å². The van der Waals surface area contributed by atoms with Crippen LogP contribution in [0.25, 0.3) is 0 Å². The number of nitrogens with two attached hydrogens (primary N) is 1. The second-order valence-corrected chi connectivity index (χ2v) is 5.57. The van der Waals surface area contributed by atoms with E-state index in [1.807, 2.05) is 55.5 Å². The topological polar surface area (TPSA) is 64.7 Å². The molecule has 0 heterocycles. The molecule has 0 radical (unpaired) electrons. The van der Waals surface area contributed by atoms with E-state index < -0.39 is 12.1 Å². The summed E-state index contributed by atoms with van der Waals surface area (Å²) in [6.07, 6.45) is 1.01. The second-order valence-electron chi connectivity index (χ2n) is 5.57. The van der Waals surface area contributed by atoms with Gasteiger partial charge in [0.15, 0.2) is 11.5 Å². The fraction of sp³-hybridized carbons (Fsp3) is 0.368. The van der Waals surface area contributed by atoms with Gasteiger partial charge in [0, 0.05) is 0 Å². The number of benzene rings is 2. The minimum Gasteiger partial charge on any atom is -0.493 e. The largest absolute Gasteiger partial charge is 0.493 e. The van der Waals surface area contributed by atoms with Crippen LogP contribution in [0.4, 0.5) is 0 Å². The van der Waals surface area contributed by atoms with Crippen LogP contribution in [0.1, 0.15) is 36.9 Å². The SMILES string of the molecule is CCC[C@H](O)[C@H](N)c1ccc(OC)c(OCc2ccccc2)c1.Cl. The van der Waals surface area contributed by atoms with Gasteiger partial charge in [0.1, 0.15) is 6.61 Å². The fourth-order valence-corrected chi connectivity index (χ4v) is 2.45. The van der Waals surface area contributed by atoms with E-state index in [1.54, 1.807) is 7.11 Å². The highest BCUT2D eigenvalue weighted by Crippen LogP contribution is 2.31. The zero-order chi connectivity index (χ0) is 16.7. The van der Waals surface area contributed by atoms with Crippen molar-refractivity contribution < 1.29 is 14.6 Å². The van der Waals surface area contributed by atoms with Crippen molar-refractivity contribution in [2.45, 2.75) is 38.5 Å². The first kappa shape index (κ1) is 20.3. The Balaban J connectivity index is 0.00000288. The lowest BCUT2D eigenvalue weighted by Crippen LogP contribution is -2.26. The number of methoxy groups -OCH3 is 1. The maximum Gasteiger partial charge on any atom is 0.161 e. The fourth-order valence-electron chi connectivity index (χ4n) is 2.45. The smallest absolute Gasteiger partial charge is 0.161 e. The van der Waals surface area contributed by atoms with Gasteiger partial charge in [-0.15, -0.1) is 12.4 Å². The summed E-state index contributed by atoms with van der Waals surface area (Å²) in [7, 11) is 1.61. The van der Waals surface area contributed by atoms with Gasteiger partial charge in [-0.2, -0.15) is 0 Å². The van der Waals surface area contributed by atoms with Gasteiger partial charge >= 0.3 is 0 Å². The first-order valence-electron chi connectivity index (χ1n) is 7.94. The highest BCUT2D eigenvalue weighted by molar-refractivity contribution is 5.85. The normalized spacial score (nSPS) is 12.8. The van der Waals surface area contributed by atoms with Crippen molar-refractivity contribution in [1.82, 2.24) is 0 Å². The quantitative estimate of drug-likeness (QED) is 0.758. The molecule has 0 amide bonds. The first-order valence-corrected chi connectivity index (χ1v) is 7.94. The predicted octanol–water partition coefficient (Wildman–Crippen LogP) is 3.86. The minimum absolute atomic E-state index is 0. The third-order valence-corrected chi connectivity index (χ3v) is 3.81. The van der Waals surface area contributed by atoms with Crippen molar-refractivity contribution in [3.63, 3.8) is 0 Å². The predicted molar refractivity (Wildman–Crippen MR) is 98.9 cm³/mol. The van der Waals surface area contributed by atoms with Gasteiger partial charge in [-0.25, -0.2) is 0 Å². The summed E-state index contributed by atoms with van der Waals surface area (Å²) in [6.45, 7) is 2.48. The van der Waals surface area contributed by atoms with Gasteiger partial charge in [-0.1, -0.05) is 49.7 Å². The average Bonchev–Trinajstić information content (AvgIpc) is 2.60. The van der Waals surface area contributed by atoms with Crippen LogP contribution < -0.4 is 15.2 Å². The van der Waals surface area contributed by atoms with E-state index in [-0.39, 0.29) is 12.4 Å². The molecule has 0 saturated heterocycles. The van der Waals surface area contributed by atoms with Gasteiger partial charge < -0.3 is 20.3 Å². The molecule has 4 nitrogen and oxygen atoms in total. The van der Waals surface area contributed by atoms with E-state index in [4.69, 9.17) is 15.2 Å². The molecular formula is C19H26ClNO3. The zero-order valence-electron chi connectivity index (χ0n) is 14.1. The Bertz CT molecular complexity index is 607. The third-order valence-electron chi connectivity index (χ3n) is 3.81. The van der Waals surface area contributed by atoms with Crippen LogP contribution in [0.2, 0.25) is 0 Å². The van der Waals surface area contributed by atoms with Crippen LogP contribution in [0.15, 0.2) is 48.5 Å². The Morgan fingerprint density at radius 3 is 2.42 bits per heavy atom. The van der Waals surface area contributed by atoms with Crippen molar-refractivity contribution in [3.8, 4) is 11.5 Å². The molecule has 0 aliphatic rings. The monoisotopic (exact) mass is 351 g/mol. The first-order chi connectivity index (χ1) is 11.2. The van der Waals surface area contributed by atoms with Crippen LogP contribution in [0.3, 0.4) is 0 Å². The second kappa shape index (κ2) is 10.2. The molecule has 0 unspecified atom stereocenters. The maximum absolute atomic E-state index is 10.1. The van der Waals surface area contributed by atoms with Crippen molar-refractivity contribution in [1.29, 1.82) is 0 Å². The van der Waals surface area contributed by atoms with Crippen molar-refractivity contribution in [2.24, 2.45) is 5.73 Å². The van der Waals surface area contributed by atoms with Gasteiger partial charge in [0.25, 0.3) is 0 Å². The van der Waals surface area contributed by atoms with Crippen molar-refractivity contribution in [3.05, 3.63) is 59.7 Å². The molecule has 2 rings (SSSR count). The van der Waals surface area contributed by atoms with E-state index >= 15 is 0 Å². The number of aliphatic hydroxyl groups excluding tert-OH is 1. The molecule has 0 aromatic heterocycles. The van der Waals surface area contributed by atoms with Crippen LogP contribution >= 0.6 is 12.4 Å². The Morgan fingerprint density at radius 1 is 1.08 bits per heavy atom. The summed E-state index contributed by atoms with van der Waals surface area (Å²) < 4.78 is 11.2. The van der Waals surface area contributed by atoms with E-state index in [0.717, 1.165) is 17.5 Å². The van der Waals surface area contributed by atoms with Gasteiger partial charge in [0.05, 0.1) is 19.3 Å². The van der Waals surface area contributed by atoms with Crippen molar-refractivity contribution >= 4 is 12.4 Å². The third kappa shape index (κ3) is 5.41. The average molecular weight is 352 g/mol. The standard InChI is InChI=1S/C19H25NO3.ClH/c1-3-7-16(21)19(20)15-10-11-17(22-2)18(12-15)23-13-14-8-5-4-6-9-14;/h4-6,8-12,16,19,21H,3,7,13,20H2,1-2H3;1H/t16-,19+;/m0./s1. The Kier molecular flexibility index (Phi) is 8.61. The number of rotatable bonds is 8. The summed E-state index contributed by atoms with van der Waals surface area (Å²) in [5, 5.41) is 10.1. The zero-order valence-corrected chi connectivity index (χ0v) is 15.0. The molecule has 0 bridgehead atoms. The van der Waals surface area contributed by atoms with Crippen molar-refractivity contribution in [2.75, 3.05) is 7.11 Å². The molecule has 0 aliphatic carbocycles. The van der Waals surface area contributed by atoms with E-state index in [1.165, 1.54) is 0 Å². The molecule has 0 spiro atoms. The molecule has 2 aromatic rings. The molecule has 132 valence electrons. The maximum atomic E-state index is 10.1. The van der Waals surface area contributed by atoms with Gasteiger partial charge in [0.2, 0.25) is 0 Å². The van der Waals surface area contributed by atoms with Crippen LogP contribution in [-0.4, -0.2) is 18.3 Å². The number of ether oxygens (including phenoxy) is 2. The lowest BCUT2D eigenvalue weighted by Gasteiger charge is -2.20. The molecule has 0 saturated carbocycles. The lowest BCUT2D eigenvalue weighted by molar-refractivity contribution is 0.134. The highest BCUT2D eigenvalue weighted by atomic mass is 35.5. The molecule has 3 N–H and O–H groups in total. The number of hydrogen-bond acceptors (Lipinski definition) is 4. The summed E-state index contributed by atoms with van der Waals surface area (Å²) >= 11 is 0. The Labute approximate surface area is 150 Å². The molecule has 5 heteroatoms. The molecule has 0 aliphatic heterocycles. The Morgan fingerprint density at radius 2 is 1.79 bits per heavy atom. The number of aliphatic hydroxyl groups is 1. The Hall–Kier alpha value is -1.75. The summed E-state index contributed by atoms with van der Waals surface area (Å²) in [6, 6.07) is 15.1. The van der Waals surface area contributed by atoms with E-state index in [2.05, 4.69) is 0 Å². The molecule has 24 heavy (non-hydrogen) atoms. The van der Waals surface area contributed by atoms with E-state index in [0.29, 0.717) is 24.5 Å².